The van der Waals surface area contributed by atoms with Crippen LogP contribution in [0.2, 0.25) is 0 Å². The first-order chi connectivity index (χ1) is 12.2. The molecule has 0 aliphatic heterocycles. The van der Waals surface area contributed by atoms with Gasteiger partial charge in [-0.1, -0.05) is 53.4 Å². The summed E-state index contributed by atoms with van der Waals surface area (Å²) < 4.78 is 5.72. The van der Waals surface area contributed by atoms with E-state index in [-0.39, 0.29) is 17.4 Å². The number of furan rings is 1. The largest absolute Gasteiger partial charge is 0.465 e. The minimum atomic E-state index is -0.329. The maximum Gasteiger partial charge on any atom is 0.250 e. The van der Waals surface area contributed by atoms with Gasteiger partial charge in [-0.2, -0.15) is 0 Å². The van der Waals surface area contributed by atoms with Crippen molar-refractivity contribution >= 4 is 46.0 Å². The van der Waals surface area contributed by atoms with Crippen LogP contribution in [-0.4, -0.2) is 27.6 Å². The number of hydrogen-bond acceptors (Lipinski definition) is 7. The van der Waals surface area contributed by atoms with Crippen molar-refractivity contribution in [2.45, 2.75) is 4.34 Å². The van der Waals surface area contributed by atoms with E-state index >= 15 is 0 Å². The first-order valence-corrected chi connectivity index (χ1v) is 9.08. The highest BCUT2D eigenvalue weighted by Gasteiger charge is 2.10. The molecule has 0 unspecified atom stereocenters. The summed E-state index contributed by atoms with van der Waals surface area (Å²) >= 11 is 2.51. The zero-order chi connectivity index (χ0) is 17.5. The SMILES string of the molecule is O=C(C=Cc1ccco1)Nc1nnc(SCC(=O)c2ccccc2)s1. The molecule has 6 nitrogen and oxygen atoms in total. The summed E-state index contributed by atoms with van der Waals surface area (Å²) in [5, 5.41) is 10.9. The molecule has 0 aliphatic carbocycles. The smallest absolute Gasteiger partial charge is 0.250 e. The summed E-state index contributed by atoms with van der Waals surface area (Å²) in [6.07, 6.45) is 4.44. The second kappa shape index (κ2) is 8.41. The van der Waals surface area contributed by atoms with Gasteiger partial charge in [0, 0.05) is 11.6 Å². The summed E-state index contributed by atoms with van der Waals surface area (Å²) in [7, 11) is 0. The number of ketones is 1. The van der Waals surface area contributed by atoms with Gasteiger partial charge in [0.25, 0.3) is 0 Å². The van der Waals surface area contributed by atoms with Crippen LogP contribution in [0.1, 0.15) is 16.1 Å². The number of nitrogens with one attached hydrogen (secondary N) is 1. The Morgan fingerprint density at radius 1 is 1.16 bits per heavy atom. The van der Waals surface area contributed by atoms with Crippen LogP contribution in [0.4, 0.5) is 5.13 Å². The molecular weight excluding hydrogens is 358 g/mol. The Bertz CT molecular complexity index is 874. The standard InChI is InChI=1S/C17H13N3O3S2/c21-14(12-5-2-1-3-6-12)11-24-17-20-19-16(25-17)18-15(22)9-8-13-7-4-10-23-13/h1-10H,11H2,(H,18,19,22). The lowest BCUT2D eigenvalue weighted by Gasteiger charge is -1.98. The third-order valence-corrected chi connectivity index (χ3v) is 4.97. The summed E-state index contributed by atoms with van der Waals surface area (Å²) in [6.45, 7) is 0. The van der Waals surface area contributed by atoms with Crippen LogP contribution in [0.25, 0.3) is 6.08 Å². The van der Waals surface area contributed by atoms with Gasteiger partial charge in [-0.15, -0.1) is 10.2 Å². The van der Waals surface area contributed by atoms with Crippen LogP contribution >= 0.6 is 23.1 Å². The van der Waals surface area contributed by atoms with Gasteiger partial charge < -0.3 is 4.42 Å². The molecule has 2 heterocycles. The molecule has 126 valence electrons. The number of rotatable bonds is 7. The van der Waals surface area contributed by atoms with Crippen LogP contribution in [0.15, 0.2) is 63.6 Å². The van der Waals surface area contributed by atoms with Crippen molar-refractivity contribution in [1.82, 2.24) is 10.2 Å². The van der Waals surface area contributed by atoms with Crippen molar-refractivity contribution in [2.75, 3.05) is 11.1 Å². The second-order valence-electron chi connectivity index (χ2n) is 4.79. The van der Waals surface area contributed by atoms with Crippen LogP contribution in [0.3, 0.4) is 0 Å². The Labute approximate surface area is 152 Å². The lowest BCUT2D eigenvalue weighted by molar-refractivity contribution is -0.111. The maximum atomic E-state index is 12.0. The lowest BCUT2D eigenvalue weighted by atomic mass is 10.2. The van der Waals surface area contributed by atoms with Crippen LogP contribution in [0.5, 0.6) is 0 Å². The minimum absolute atomic E-state index is 0.0211. The van der Waals surface area contributed by atoms with E-state index in [4.69, 9.17) is 4.42 Å². The highest BCUT2D eigenvalue weighted by molar-refractivity contribution is 8.01. The quantitative estimate of drug-likeness (QED) is 0.295. The number of anilines is 1. The Balaban J connectivity index is 1.50. The third-order valence-electron chi connectivity index (χ3n) is 3.00. The molecule has 0 fully saturated rings. The van der Waals surface area contributed by atoms with E-state index in [1.54, 1.807) is 30.3 Å². The van der Waals surface area contributed by atoms with Crippen molar-refractivity contribution in [3.05, 3.63) is 66.1 Å². The predicted molar refractivity (Wildman–Crippen MR) is 97.8 cm³/mol. The van der Waals surface area contributed by atoms with Gasteiger partial charge in [0.2, 0.25) is 11.0 Å². The number of carbonyl (C=O) groups excluding carboxylic acids is 2. The monoisotopic (exact) mass is 371 g/mol. The third kappa shape index (κ3) is 5.13. The van der Waals surface area contributed by atoms with Gasteiger partial charge in [0.1, 0.15) is 5.76 Å². The lowest BCUT2D eigenvalue weighted by Crippen LogP contribution is -2.07. The number of benzene rings is 1. The van der Waals surface area contributed by atoms with Gasteiger partial charge in [0.05, 0.1) is 12.0 Å². The molecule has 3 rings (SSSR count). The van der Waals surface area contributed by atoms with Crippen LogP contribution in [0, 0.1) is 0 Å². The fourth-order valence-electron chi connectivity index (χ4n) is 1.84. The van der Waals surface area contributed by atoms with Gasteiger partial charge in [-0.25, -0.2) is 0 Å². The van der Waals surface area contributed by atoms with Crippen molar-refractivity contribution in [3.63, 3.8) is 0 Å². The summed E-state index contributed by atoms with van der Waals surface area (Å²) in [5.74, 6) is 0.547. The molecule has 25 heavy (non-hydrogen) atoms. The van der Waals surface area contributed by atoms with Crippen LogP contribution in [-0.2, 0) is 4.79 Å². The molecule has 0 aliphatic rings. The molecular formula is C17H13N3O3S2. The topological polar surface area (TPSA) is 85.1 Å². The van der Waals surface area contributed by atoms with Gasteiger partial charge in [-0.3, -0.25) is 14.9 Å². The number of hydrogen-bond donors (Lipinski definition) is 1. The maximum absolute atomic E-state index is 12.0. The van der Waals surface area contributed by atoms with E-state index in [1.807, 2.05) is 18.2 Å². The molecule has 1 amide bonds. The molecule has 2 aromatic heterocycles. The summed E-state index contributed by atoms with van der Waals surface area (Å²) in [5.41, 5.74) is 0.663. The fourth-order valence-corrected chi connectivity index (χ4v) is 3.49. The van der Waals surface area contributed by atoms with E-state index in [2.05, 4.69) is 15.5 Å². The molecule has 0 atom stereocenters. The predicted octanol–water partition coefficient (Wildman–Crippen LogP) is 3.76. The molecule has 1 aromatic carbocycles. The van der Waals surface area contributed by atoms with Gasteiger partial charge in [0.15, 0.2) is 10.1 Å². The average Bonchev–Trinajstić information content (AvgIpc) is 3.30. The highest BCUT2D eigenvalue weighted by atomic mass is 32.2. The molecule has 3 aromatic rings. The van der Waals surface area contributed by atoms with Crippen molar-refractivity contribution in [3.8, 4) is 0 Å². The van der Waals surface area contributed by atoms with E-state index in [0.717, 1.165) is 0 Å². The van der Waals surface area contributed by atoms with Gasteiger partial charge in [-0.05, 0) is 18.2 Å². The van der Waals surface area contributed by atoms with Crippen molar-refractivity contribution in [2.24, 2.45) is 0 Å². The summed E-state index contributed by atoms with van der Waals surface area (Å²) in [4.78, 5) is 23.9. The number of thioether (sulfide) groups is 1. The number of carbonyl (C=O) groups is 2. The molecule has 0 saturated carbocycles. The zero-order valence-corrected chi connectivity index (χ0v) is 14.5. The number of Topliss-reactive ketones (excluding diaryl/α,β-unsaturated/α-hetero) is 1. The molecule has 8 heteroatoms. The fraction of sp³-hybridized carbons (Fsp3) is 0.0588. The zero-order valence-electron chi connectivity index (χ0n) is 12.9. The molecule has 0 radical (unpaired) electrons. The number of aromatic nitrogens is 2. The molecule has 0 spiro atoms. The van der Waals surface area contributed by atoms with Crippen LogP contribution < -0.4 is 5.32 Å². The van der Waals surface area contributed by atoms with Crippen molar-refractivity contribution in [1.29, 1.82) is 0 Å². The number of nitrogens with zero attached hydrogens (tertiary/aromatic N) is 2. The Morgan fingerprint density at radius 2 is 2.00 bits per heavy atom. The number of amides is 1. The average molecular weight is 371 g/mol. The molecule has 1 N–H and O–H groups in total. The normalized spacial score (nSPS) is 10.9. The van der Waals surface area contributed by atoms with Crippen molar-refractivity contribution < 1.29 is 14.0 Å². The van der Waals surface area contributed by atoms with E-state index in [1.165, 1.54) is 35.4 Å². The Kier molecular flexibility index (Phi) is 5.76. The molecule has 0 bridgehead atoms. The second-order valence-corrected chi connectivity index (χ2v) is 6.99. The van der Waals surface area contributed by atoms with Gasteiger partial charge >= 0.3 is 0 Å². The minimum Gasteiger partial charge on any atom is -0.465 e. The van der Waals surface area contributed by atoms with E-state index in [9.17, 15) is 9.59 Å². The van der Waals surface area contributed by atoms with E-state index in [0.29, 0.717) is 20.8 Å². The Hall–Kier alpha value is -2.71. The van der Waals surface area contributed by atoms with E-state index < -0.39 is 0 Å². The summed E-state index contributed by atoms with van der Waals surface area (Å²) in [6, 6.07) is 12.6. The highest BCUT2D eigenvalue weighted by Crippen LogP contribution is 2.26. The first kappa shape index (κ1) is 17.1. The molecule has 0 saturated heterocycles. The first-order valence-electron chi connectivity index (χ1n) is 7.28. The Morgan fingerprint density at radius 3 is 2.76 bits per heavy atom.